The number of phenols is 1. The quantitative estimate of drug-likeness (QED) is 0.718. The van der Waals surface area contributed by atoms with Gasteiger partial charge in [0.2, 0.25) is 0 Å². The van der Waals surface area contributed by atoms with Gasteiger partial charge in [-0.15, -0.1) is 0 Å². The monoisotopic (exact) mass is 339 g/mol. The molecule has 0 amide bonds. The first-order valence-electron chi connectivity index (χ1n) is 7.96. The van der Waals surface area contributed by atoms with Crippen LogP contribution in [0, 0.1) is 6.92 Å². The van der Waals surface area contributed by atoms with Crippen molar-refractivity contribution in [2.75, 3.05) is 19.0 Å². The second kappa shape index (κ2) is 7.31. The molecule has 130 valence electrons. The van der Waals surface area contributed by atoms with E-state index in [0.29, 0.717) is 23.8 Å². The lowest BCUT2D eigenvalue weighted by molar-refractivity contribution is 0.184. The first kappa shape index (κ1) is 16.9. The number of aryl methyl sites for hydroxylation is 2. The number of ether oxygens (including phenoxy) is 1. The largest absolute Gasteiger partial charge is 0.507 e. The van der Waals surface area contributed by atoms with Crippen LogP contribution in [-0.4, -0.2) is 38.6 Å². The summed E-state index contributed by atoms with van der Waals surface area (Å²) in [5, 5.41) is 17.7. The number of aromatic hydroxyl groups is 1. The molecule has 25 heavy (non-hydrogen) atoms. The fourth-order valence-electron chi connectivity index (χ4n) is 2.70. The van der Waals surface area contributed by atoms with Gasteiger partial charge in [0, 0.05) is 32.1 Å². The van der Waals surface area contributed by atoms with Crippen molar-refractivity contribution in [2.24, 2.45) is 7.05 Å². The molecule has 3 rings (SSSR count). The second-order valence-corrected chi connectivity index (χ2v) is 5.77. The van der Waals surface area contributed by atoms with E-state index in [1.54, 1.807) is 36.2 Å². The Bertz CT molecular complexity index is 862. The molecule has 0 radical (unpaired) electrons. The van der Waals surface area contributed by atoms with E-state index in [4.69, 9.17) is 4.74 Å². The summed E-state index contributed by atoms with van der Waals surface area (Å²) < 4.78 is 7.13. The fourth-order valence-corrected chi connectivity index (χ4v) is 2.70. The van der Waals surface area contributed by atoms with E-state index in [9.17, 15) is 5.11 Å². The Balaban J connectivity index is 1.94. The molecule has 0 fully saturated rings. The van der Waals surface area contributed by atoms with E-state index < -0.39 is 0 Å². The van der Waals surface area contributed by atoms with E-state index in [-0.39, 0.29) is 11.8 Å². The summed E-state index contributed by atoms with van der Waals surface area (Å²) in [7, 11) is 3.54. The first-order valence-corrected chi connectivity index (χ1v) is 7.96. The molecule has 7 heteroatoms. The Morgan fingerprint density at radius 3 is 2.72 bits per heavy atom. The van der Waals surface area contributed by atoms with Gasteiger partial charge in [-0.1, -0.05) is 12.1 Å². The highest BCUT2D eigenvalue weighted by molar-refractivity contribution is 5.64. The lowest BCUT2D eigenvalue weighted by atomic mass is 10.2. The molecule has 0 bridgehead atoms. The normalized spacial score (nSPS) is 12.1. The van der Waals surface area contributed by atoms with Crippen LogP contribution in [0.15, 0.2) is 42.6 Å². The fraction of sp³-hybridized carbons (Fsp3) is 0.278. The molecule has 7 nitrogen and oxygen atoms in total. The number of hydrogen-bond donors (Lipinski definition) is 2. The van der Waals surface area contributed by atoms with Gasteiger partial charge >= 0.3 is 0 Å². The van der Waals surface area contributed by atoms with Crippen molar-refractivity contribution in [1.82, 2.24) is 19.7 Å². The van der Waals surface area contributed by atoms with Gasteiger partial charge in [0.25, 0.3) is 0 Å². The third-order valence-electron chi connectivity index (χ3n) is 3.87. The summed E-state index contributed by atoms with van der Waals surface area (Å²) in [6.07, 6.45) is 1.75. The van der Waals surface area contributed by atoms with Gasteiger partial charge < -0.3 is 15.2 Å². The Morgan fingerprint density at radius 2 is 2.04 bits per heavy atom. The van der Waals surface area contributed by atoms with Crippen LogP contribution in [0.2, 0.25) is 0 Å². The maximum atomic E-state index is 10.1. The topological polar surface area (TPSA) is 85.1 Å². The Labute approximate surface area is 146 Å². The number of aromatic nitrogens is 4. The second-order valence-electron chi connectivity index (χ2n) is 5.77. The average Bonchev–Trinajstić information content (AvgIpc) is 3.00. The number of methoxy groups -OCH3 is 1. The zero-order valence-electron chi connectivity index (χ0n) is 14.5. The summed E-state index contributed by atoms with van der Waals surface area (Å²) in [4.78, 5) is 9.00. The van der Waals surface area contributed by atoms with E-state index >= 15 is 0 Å². The summed E-state index contributed by atoms with van der Waals surface area (Å²) >= 11 is 0. The Hall–Kier alpha value is -2.93. The average molecular weight is 339 g/mol. The molecule has 0 aliphatic carbocycles. The van der Waals surface area contributed by atoms with Crippen LogP contribution in [0.5, 0.6) is 5.75 Å². The first-order chi connectivity index (χ1) is 12.1. The molecule has 2 heterocycles. The molecule has 0 aliphatic heterocycles. The van der Waals surface area contributed by atoms with Crippen molar-refractivity contribution in [2.45, 2.75) is 13.0 Å². The van der Waals surface area contributed by atoms with Gasteiger partial charge in [-0.3, -0.25) is 4.68 Å². The molecule has 3 aromatic rings. The van der Waals surface area contributed by atoms with Gasteiger partial charge in [-0.25, -0.2) is 9.97 Å². The molecule has 0 spiro atoms. The van der Waals surface area contributed by atoms with Gasteiger partial charge in [-0.05, 0) is 25.1 Å². The van der Waals surface area contributed by atoms with Crippen LogP contribution in [0.1, 0.15) is 17.4 Å². The Kier molecular flexibility index (Phi) is 4.95. The molecule has 1 aromatic carbocycles. The van der Waals surface area contributed by atoms with Crippen molar-refractivity contribution in [3.05, 3.63) is 54.0 Å². The molecular weight excluding hydrogens is 318 g/mol. The van der Waals surface area contributed by atoms with Gasteiger partial charge in [-0.2, -0.15) is 5.10 Å². The summed E-state index contributed by atoms with van der Waals surface area (Å²) in [6, 6.07) is 10.7. The van der Waals surface area contributed by atoms with E-state index in [0.717, 1.165) is 11.4 Å². The van der Waals surface area contributed by atoms with E-state index in [2.05, 4.69) is 20.4 Å². The molecule has 0 unspecified atom stereocenters. The highest BCUT2D eigenvalue weighted by Gasteiger charge is 2.17. The number of benzene rings is 1. The van der Waals surface area contributed by atoms with Gasteiger partial charge in [0.1, 0.15) is 11.6 Å². The lowest BCUT2D eigenvalue weighted by Crippen LogP contribution is -2.20. The number of phenolic OH excluding ortho intramolecular Hbond substituents is 1. The summed E-state index contributed by atoms with van der Waals surface area (Å²) in [5.74, 6) is 1.29. The molecule has 2 N–H and O–H groups in total. The SMILES string of the molecule is COC[C@H](Nc1cc(C)nc(-c2ccccc2O)n1)c1ccnn1C. The number of nitrogens with one attached hydrogen (secondary N) is 1. The zero-order chi connectivity index (χ0) is 17.8. The van der Waals surface area contributed by atoms with Crippen LogP contribution < -0.4 is 5.32 Å². The Morgan fingerprint density at radius 1 is 1.24 bits per heavy atom. The van der Waals surface area contributed by atoms with Crippen LogP contribution in [-0.2, 0) is 11.8 Å². The van der Waals surface area contributed by atoms with Gasteiger partial charge in [0.15, 0.2) is 5.82 Å². The molecule has 2 aromatic heterocycles. The van der Waals surface area contributed by atoms with Gasteiger partial charge in [0.05, 0.1) is 23.9 Å². The predicted octanol–water partition coefficient (Wildman–Crippen LogP) is 2.69. The molecule has 0 saturated heterocycles. The minimum atomic E-state index is -0.107. The number of rotatable bonds is 6. The predicted molar refractivity (Wildman–Crippen MR) is 95.3 cm³/mol. The number of anilines is 1. The third kappa shape index (κ3) is 3.77. The van der Waals surface area contributed by atoms with Crippen molar-refractivity contribution in [1.29, 1.82) is 0 Å². The smallest absolute Gasteiger partial charge is 0.165 e. The highest BCUT2D eigenvalue weighted by Crippen LogP contribution is 2.27. The summed E-state index contributed by atoms with van der Waals surface area (Å²) in [6.45, 7) is 2.36. The van der Waals surface area contributed by atoms with Crippen molar-refractivity contribution in [3.8, 4) is 17.1 Å². The number of para-hydroxylation sites is 1. The molecule has 0 aliphatic rings. The maximum Gasteiger partial charge on any atom is 0.165 e. The van der Waals surface area contributed by atoms with Crippen molar-refractivity contribution >= 4 is 5.82 Å². The zero-order valence-corrected chi connectivity index (χ0v) is 14.5. The summed E-state index contributed by atoms with van der Waals surface area (Å²) in [5.41, 5.74) is 2.39. The van der Waals surface area contributed by atoms with Crippen molar-refractivity contribution < 1.29 is 9.84 Å². The van der Waals surface area contributed by atoms with E-state index in [1.165, 1.54) is 0 Å². The number of hydrogen-bond acceptors (Lipinski definition) is 6. The van der Waals surface area contributed by atoms with Crippen LogP contribution in [0.3, 0.4) is 0 Å². The van der Waals surface area contributed by atoms with Crippen LogP contribution >= 0.6 is 0 Å². The molecule has 1 atom stereocenters. The number of nitrogens with zero attached hydrogens (tertiary/aromatic N) is 4. The molecule has 0 saturated carbocycles. The minimum Gasteiger partial charge on any atom is -0.507 e. The molecular formula is C18H21N5O2. The van der Waals surface area contributed by atoms with Crippen molar-refractivity contribution in [3.63, 3.8) is 0 Å². The highest BCUT2D eigenvalue weighted by atomic mass is 16.5. The van der Waals surface area contributed by atoms with Crippen LogP contribution in [0.25, 0.3) is 11.4 Å². The minimum absolute atomic E-state index is 0.107. The van der Waals surface area contributed by atoms with Crippen LogP contribution in [0.4, 0.5) is 5.82 Å². The standard InChI is InChI=1S/C18H21N5O2/c1-12-10-17(21-14(11-25-3)15-8-9-19-23(15)2)22-18(20-12)13-6-4-5-7-16(13)24/h4-10,14,24H,11H2,1-3H3,(H,20,21,22)/t14-/m0/s1. The third-order valence-corrected chi connectivity index (χ3v) is 3.87. The lowest BCUT2D eigenvalue weighted by Gasteiger charge is -2.19. The van der Waals surface area contributed by atoms with E-state index in [1.807, 2.05) is 32.2 Å². The maximum absolute atomic E-state index is 10.1.